The molecule has 4 heteroatoms. The number of carbonyl (C=O) groups is 1. The summed E-state index contributed by atoms with van der Waals surface area (Å²) in [5.41, 5.74) is 3.59. The second-order valence-electron chi connectivity index (χ2n) is 5.82. The van der Waals surface area contributed by atoms with Crippen LogP contribution in [-0.2, 0) is 13.1 Å². The molecule has 0 atom stereocenters. The fourth-order valence-electron chi connectivity index (χ4n) is 2.40. The van der Waals surface area contributed by atoms with Crippen molar-refractivity contribution < 1.29 is 4.79 Å². The molecule has 0 unspecified atom stereocenters. The van der Waals surface area contributed by atoms with Crippen LogP contribution in [0, 0.1) is 6.92 Å². The van der Waals surface area contributed by atoms with Gasteiger partial charge < -0.3 is 15.5 Å². The van der Waals surface area contributed by atoms with Crippen LogP contribution >= 0.6 is 0 Å². The third-order valence-corrected chi connectivity index (χ3v) is 3.61. The second kappa shape index (κ2) is 8.96. The number of amides is 2. The highest BCUT2D eigenvalue weighted by molar-refractivity contribution is 5.73. The summed E-state index contributed by atoms with van der Waals surface area (Å²) < 4.78 is 0. The smallest absolute Gasteiger partial charge is 0.315 e. The van der Waals surface area contributed by atoms with Crippen LogP contribution in [0.2, 0.25) is 0 Å². The summed E-state index contributed by atoms with van der Waals surface area (Å²) in [7, 11) is 2.05. The Balaban J connectivity index is 1.62. The summed E-state index contributed by atoms with van der Waals surface area (Å²) in [4.78, 5) is 14.0. The van der Waals surface area contributed by atoms with Crippen LogP contribution in [0.1, 0.15) is 16.7 Å². The van der Waals surface area contributed by atoms with Gasteiger partial charge in [-0.1, -0.05) is 60.2 Å². The predicted octanol–water partition coefficient (Wildman–Crippen LogP) is 2.93. The lowest BCUT2D eigenvalue weighted by atomic mass is 10.1. The van der Waals surface area contributed by atoms with Crippen molar-refractivity contribution in [1.29, 1.82) is 0 Å². The van der Waals surface area contributed by atoms with Crippen LogP contribution in [-0.4, -0.2) is 31.1 Å². The van der Waals surface area contributed by atoms with Crippen LogP contribution in [0.15, 0.2) is 54.6 Å². The van der Waals surface area contributed by atoms with E-state index in [0.717, 1.165) is 18.7 Å². The number of hydrogen-bond donors (Lipinski definition) is 2. The normalized spacial score (nSPS) is 10.6. The fraction of sp³-hybridized carbons (Fsp3) is 0.316. The predicted molar refractivity (Wildman–Crippen MR) is 94.2 cm³/mol. The van der Waals surface area contributed by atoms with E-state index >= 15 is 0 Å². The van der Waals surface area contributed by atoms with Gasteiger partial charge in [0, 0.05) is 26.2 Å². The van der Waals surface area contributed by atoms with Crippen LogP contribution in [0.4, 0.5) is 4.79 Å². The van der Waals surface area contributed by atoms with E-state index in [0.29, 0.717) is 13.1 Å². The largest absolute Gasteiger partial charge is 0.337 e. The number of carbonyl (C=O) groups excluding carboxylic acids is 1. The number of urea groups is 1. The molecule has 23 heavy (non-hydrogen) atoms. The van der Waals surface area contributed by atoms with Crippen molar-refractivity contribution >= 4 is 6.03 Å². The summed E-state index contributed by atoms with van der Waals surface area (Å²) in [6, 6.07) is 18.3. The standard InChI is InChI=1S/C19H25N3O/c1-16-7-6-10-18(13-16)14-21-19(23)20-11-12-22(2)15-17-8-4-3-5-9-17/h3-10,13H,11-12,14-15H2,1-2H3,(H2,20,21,23). The zero-order valence-electron chi connectivity index (χ0n) is 13.9. The molecule has 2 rings (SSSR count). The molecule has 0 aliphatic heterocycles. The molecular weight excluding hydrogens is 286 g/mol. The van der Waals surface area contributed by atoms with E-state index in [2.05, 4.69) is 40.8 Å². The van der Waals surface area contributed by atoms with Crippen molar-refractivity contribution in [2.45, 2.75) is 20.0 Å². The molecule has 0 aromatic heterocycles. The van der Waals surface area contributed by atoms with Gasteiger partial charge in [0.25, 0.3) is 0 Å². The minimum Gasteiger partial charge on any atom is -0.337 e. The molecule has 0 bridgehead atoms. The molecule has 122 valence electrons. The summed E-state index contributed by atoms with van der Waals surface area (Å²) in [5, 5.41) is 5.77. The Morgan fingerprint density at radius 2 is 1.74 bits per heavy atom. The Morgan fingerprint density at radius 3 is 2.48 bits per heavy atom. The molecule has 0 radical (unpaired) electrons. The number of hydrogen-bond acceptors (Lipinski definition) is 2. The van der Waals surface area contributed by atoms with Crippen LogP contribution in [0.5, 0.6) is 0 Å². The average Bonchev–Trinajstić information content (AvgIpc) is 2.54. The number of aryl methyl sites for hydroxylation is 1. The highest BCUT2D eigenvalue weighted by Crippen LogP contribution is 2.03. The van der Waals surface area contributed by atoms with Crippen molar-refractivity contribution in [1.82, 2.24) is 15.5 Å². The van der Waals surface area contributed by atoms with Gasteiger partial charge in [-0.3, -0.25) is 0 Å². The van der Waals surface area contributed by atoms with Gasteiger partial charge in [0.1, 0.15) is 0 Å². The zero-order chi connectivity index (χ0) is 16.5. The molecule has 2 aromatic rings. The molecule has 2 N–H and O–H groups in total. The van der Waals surface area contributed by atoms with Gasteiger partial charge in [-0.2, -0.15) is 0 Å². The first-order chi connectivity index (χ1) is 11.1. The first-order valence-electron chi connectivity index (χ1n) is 7.93. The third-order valence-electron chi connectivity index (χ3n) is 3.61. The van der Waals surface area contributed by atoms with E-state index in [9.17, 15) is 4.79 Å². The number of nitrogens with one attached hydrogen (secondary N) is 2. The molecule has 0 aliphatic carbocycles. The highest BCUT2D eigenvalue weighted by atomic mass is 16.2. The Morgan fingerprint density at radius 1 is 1.00 bits per heavy atom. The maximum absolute atomic E-state index is 11.8. The molecular formula is C19H25N3O. The summed E-state index contributed by atoms with van der Waals surface area (Å²) in [5.74, 6) is 0. The van der Waals surface area contributed by atoms with Crippen molar-refractivity contribution in [3.63, 3.8) is 0 Å². The quantitative estimate of drug-likeness (QED) is 0.826. The maximum atomic E-state index is 11.8. The number of benzene rings is 2. The summed E-state index contributed by atoms with van der Waals surface area (Å²) in [6.45, 7) is 4.92. The molecule has 0 fully saturated rings. The van der Waals surface area contributed by atoms with Crippen molar-refractivity contribution in [3.8, 4) is 0 Å². The summed E-state index contributed by atoms with van der Waals surface area (Å²) in [6.07, 6.45) is 0. The molecule has 0 saturated carbocycles. The lowest BCUT2D eigenvalue weighted by molar-refractivity contribution is 0.237. The fourth-order valence-corrected chi connectivity index (χ4v) is 2.40. The van der Waals surface area contributed by atoms with E-state index in [-0.39, 0.29) is 6.03 Å². The monoisotopic (exact) mass is 311 g/mol. The molecule has 0 aliphatic rings. The van der Waals surface area contributed by atoms with Crippen LogP contribution in [0.3, 0.4) is 0 Å². The minimum absolute atomic E-state index is 0.125. The van der Waals surface area contributed by atoms with Gasteiger partial charge in [0.15, 0.2) is 0 Å². The number of nitrogens with zero attached hydrogens (tertiary/aromatic N) is 1. The van der Waals surface area contributed by atoms with E-state index in [1.807, 2.05) is 43.3 Å². The second-order valence-corrected chi connectivity index (χ2v) is 5.82. The highest BCUT2D eigenvalue weighted by Gasteiger charge is 2.03. The average molecular weight is 311 g/mol. The lowest BCUT2D eigenvalue weighted by Crippen LogP contribution is -2.39. The van der Waals surface area contributed by atoms with Crippen LogP contribution in [0.25, 0.3) is 0 Å². The lowest BCUT2D eigenvalue weighted by Gasteiger charge is -2.17. The maximum Gasteiger partial charge on any atom is 0.315 e. The van der Waals surface area contributed by atoms with Crippen LogP contribution < -0.4 is 10.6 Å². The van der Waals surface area contributed by atoms with Gasteiger partial charge in [0.2, 0.25) is 0 Å². The topological polar surface area (TPSA) is 44.4 Å². The molecule has 0 heterocycles. The Labute approximate surface area is 138 Å². The van der Waals surface area contributed by atoms with E-state index in [4.69, 9.17) is 0 Å². The van der Waals surface area contributed by atoms with Gasteiger partial charge >= 0.3 is 6.03 Å². The van der Waals surface area contributed by atoms with Crippen molar-refractivity contribution in [3.05, 3.63) is 71.3 Å². The number of rotatable bonds is 7. The third kappa shape index (κ3) is 6.53. The number of likely N-dealkylation sites (N-methyl/N-ethyl adjacent to an activating group) is 1. The molecule has 2 amide bonds. The SMILES string of the molecule is Cc1cccc(CNC(=O)NCCN(C)Cc2ccccc2)c1. The first-order valence-corrected chi connectivity index (χ1v) is 7.93. The zero-order valence-corrected chi connectivity index (χ0v) is 13.9. The molecule has 0 spiro atoms. The van der Waals surface area contributed by atoms with E-state index in [1.165, 1.54) is 11.1 Å². The molecule has 0 saturated heterocycles. The van der Waals surface area contributed by atoms with Crippen molar-refractivity contribution in [2.75, 3.05) is 20.1 Å². The summed E-state index contributed by atoms with van der Waals surface area (Å²) >= 11 is 0. The van der Waals surface area contributed by atoms with Gasteiger partial charge in [0.05, 0.1) is 0 Å². The molecule has 2 aromatic carbocycles. The van der Waals surface area contributed by atoms with E-state index in [1.54, 1.807) is 0 Å². The van der Waals surface area contributed by atoms with Crippen molar-refractivity contribution in [2.24, 2.45) is 0 Å². The Hall–Kier alpha value is -2.33. The van der Waals surface area contributed by atoms with E-state index < -0.39 is 0 Å². The Kier molecular flexibility index (Phi) is 6.63. The Bertz CT molecular complexity index is 613. The van der Waals surface area contributed by atoms with Gasteiger partial charge in [-0.25, -0.2) is 4.79 Å². The van der Waals surface area contributed by atoms with Gasteiger partial charge in [-0.15, -0.1) is 0 Å². The molecule has 4 nitrogen and oxygen atoms in total. The minimum atomic E-state index is -0.125. The first kappa shape index (κ1) is 17.0. The van der Waals surface area contributed by atoms with Gasteiger partial charge in [-0.05, 0) is 25.1 Å².